The summed E-state index contributed by atoms with van der Waals surface area (Å²) in [5.41, 5.74) is 3.46. The van der Waals surface area contributed by atoms with E-state index in [2.05, 4.69) is 160 Å². The molecular formula is C18H12Br8. The van der Waals surface area contributed by atoms with Gasteiger partial charge in [-0.2, -0.15) is 0 Å². The van der Waals surface area contributed by atoms with Crippen molar-refractivity contribution in [3.63, 3.8) is 0 Å². The second kappa shape index (κ2) is 7.76. The number of fused-ring (bicyclic) bond motifs is 1. The quantitative estimate of drug-likeness (QED) is 0.152. The maximum absolute atomic E-state index is 4.07. The summed E-state index contributed by atoms with van der Waals surface area (Å²) in [6.45, 7) is 6.88. The van der Waals surface area contributed by atoms with E-state index < -0.39 is 0 Å². The minimum atomic E-state index is -0.258. The van der Waals surface area contributed by atoms with Crippen LogP contribution in [-0.4, -0.2) is 4.83 Å². The standard InChI is InChI=1S/C18H12Br8/c1-17(2)8-9(13(23)15(25)14(24)12(8)22)18(3,16(17)26)6-4-5-7(19)11(21)10(6)20/h4-5,16H,1-3H3. The Morgan fingerprint density at radius 3 is 1.69 bits per heavy atom. The molecule has 0 aliphatic heterocycles. The van der Waals surface area contributed by atoms with E-state index in [-0.39, 0.29) is 15.7 Å². The van der Waals surface area contributed by atoms with Crippen LogP contribution >= 0.6 is 127 Å². The van der Waals surface area contributed by atoms with Crippen LogP contribution in [0.5, 0.6) is 0 Å². The molecule has 2 aromatic rings. The summed E-state index contributed by atoms with van der Waals surface area (Å²) in [5.74, 6) is 0. The van der Waals surface area contributed by atoms with E-state index in [0.717, 1.165) is 31.3 Å². The minimum absolute atomic E-state index is 0.0896. The lowest BCUT2D eigenvalue weighted by molar-refractivity contribution is 0.447. The normalized spacial score (nSPS) is 24.0. The van der Waals surface area contributed by atoms with Gasteiger partial charge in [0, 0.05) is 47.0 Å². The lowest BCUT2D eigenvalue weighted by atomic mass is 9.75. The molecule has 8 heteroatoms. The van der Waals surface area contributed by atoms with Crippen molar-refractivity contribution < 1.29 is 0 Å². The molecule has 26 heavy (non-hydrogen) atoms. The first-order valence-electron chi connectivity index (χ1n) is 7.53. The van der Waals surface area contributed by atoms with Gasteiger partial charge in [-0.05, 0) is 134 Å². The van der Waals surface area contributed by atoms with Crippen molar-refractivity contribution in [3.8, 4) is 0 Å². The van der Waals surface area contributed by atoms with Crippen LogP contribution in [-0.2, 0) is 10.8 Å². The molecule has 0 heterocycles. The molecule has 0 amide bonds. The summed E-state index contributed by atoms with van der Waals surface area (Å²) in [6.07, 6.45) is 0. The third kappa shape index (κ3) is 3.13. The van der Waals surface area contributed by atoms with Gasteiger partial charge < -0.3 is 0 Å². The highest BCUT2D eigenvalue weighted by atomic mass is 79.9. The Hall–Kier alpha value is 2.28. The second-order valence-electron chi connectivity index (χ2n) is 7.02. The van der Waals surface area contributed by atoms with E-state index in [1.807, 2.05) is 0 Å². The Kier molecular flexibility index (Phi) is 6.85. The van der Waals surface area contributed by atoms with E-state index in [0.29, 0.717) is 0 Å². The van der Waals surface area contributed by atoms with Crippen LogP contribution in [0.1, 0.15) is 37.5 Å². The zero-order valence-corrected chi connectivity index (χ0v) is 26.4. The van der Waals surface area contributed by atoms with E-state index in [9.17, 15) is 0 Å². The first kappa shape index (κ1) is 23.0. The number of hydrogen-bond acceptors (Lipinski definition) is 0. The molecule has 0 nitrogen and oxygen atoms in total. The Morgan fingerprint density at radius 2 is 1.15 bits per heavy atom. The van der Waals surface area contributed by atoms with Gasteiger partial charge in [0.1, 0.15) is 0 Å². The van der Waals surface area contributed by atoms with Gasteiger partial charge in [0.15, 0.2) is 0 Å². The number of hydrogen-bond donors (Lipinski definition) is 0. The van der Waals surface area contributed by atoms with Gasteiger partial charge in [-0.1, -0.05) is 42.8 Å². The van der Waals surface area contributed by atoms with Crippen molar-refractivity contribution in [2.24, 2.45) is 0 Å². The number of benzene rings is 2. The van der Waals surface area contributed by atoms with Gasteiger partial charge in [-0.3, -0.25) is 0 Å². The Morgan fingerprint density at radius 1 is 0.654 bits per heavy atom. The monoisotopic (exact) mass is 859 g/mol. The van der Waals surface area contributed by atoms with Crippen LogP contribution < -0.4 is 0 Å². The van der Waals surface area contributed by atoms with Gasteiger partial charge in [0.05, 0.1) is 0 Å². The van der Waals surface area contributed by atoms with Crippen molar-refractivity contribution in [1.29, 1.82) is 0 Å². The van der Waals surface area contributed by atoms with E-state index in [1.165, 1.54) is 16.7 Å². The average Bonchev–Trinajstić information content (AvgIpc) is 2.74. The molecule has 0 N–H and O–H groups in total. The zero-order chi connectivity index (χ0) is 19.8. The lowest BCUT2D eigenvalue weighted by Gasteiger charge is -2.36. The van der Waals surface area contributed by atoms with Crippen molar-refractivity contribution in [3.05, 3.63) is 60.1 Å². The Bertz CT molecular complexity index is 934. The van der Waals surface area contributed by atoms with Crippen LogP contribution in [0.2, 0.25) is 0 Å². The first-order valence-corrected chi connectivity index (χ1v) is 14.0. The van der Waals surface area contributed by atoms with E-state index >= 15 is 0 Å². The highest BCUT2D eigenvalue weighted by Gasteiger charge is 2.56. The molecule has 0 saturated carbocycles. The average molecular weight is 868 g/mol. The molecule has 140 valence electrons. The summed E-state index contributed by atoms with van der Waals surface area (Å²) < 4.78 is 7.31. The van der Waals surface area contributed by atoms with Gasteiger partial charge in [0.25, 0.3) is 0 Å². The molecule has 0 aromatic heterocycles. The summed E-state index contributed by atoms with van der Waals surface area (Å²) in [7, 11) is 0. The predicted molar refractivity (Wildman–Crippen MR) is 139 cm³/mol. The number of rotatable bonds is 1. The van der Waals surface area contributed by atoms with Crippen LogP contribution in [0.15, 0.2) is 43.4 Å². The molecule has 1 aliphatic carbocycles. The van der Waals surface area contributed by atoms with Crippen LogP contribution in [0.25, 0.3) is 0 Å². The molecule has 2 atom stereocenters. The summed E-state index contributed by atoms with van der Waals surface area (Å²) in [5, 5.41) is 0. The highest BCUT2D eigenvalue weighted by Crippen LogP contribution is 2.63. The minimum Gasteiger partial charge on any atom is -0.0868 e. The van der Waals surface area contributed by atoms with Crippen molar-refractivity contribution in [1.82, 2.24) is 0 Å². The SMILES string of the molecule is CC1(C)c2c(Br)c(Br)c(Br)c(Br)c2C(C)(c2ccc(Br)c(Br)c2Br)C1Br. The molecule has 0 radical (unpaired) electrons. The maximum Gasteiger partial charge on any atom is 0.0474 e. The highest BCUT2D eigenvalue weighted by molar-refractivity contribution is 9.15. The fraction of sp³-hybridized carbons (Fsp3) is 0.333. The third-order valence-corrected chi connectivity index (χ3v) is 15.4. The summed E-state index contributed by atoms with van der Waals surface area (Å²) in [6, 6.07) is 4.28. The van der Waals surface area contributed by atoms with Crippen LogP contribution in [0, 0.1) is 0 Å². The van der Waals surface area contributed by atoms with Crippen molar-refractivity contribution >= 4 is 127 Å². The Labute approximate surface area is 221 Å². The molecular weight excluding hydrogens is 855 g/mol. The number of halogens is 8. The van der Waals surface area contributed by atoms with E-state index in [1.54, 1.807) is 0 Å². The molecule has 2 unspecified atom stereocenters. The van der Waals surface area contributed by atoms with Crippen LogP contribution in [0.4, 0.5) is 0 Å². The first-order chi connectivity index (χ1) is 11.9. The van der Waals surface area contributed by atoms with Crippen molar-refractivity contribution in [2.75, 3.05) is 0 Å². The van der Waals surface area contributed by atoms with Crippen molar-refractivity contribution in [2.45, 2.75) is 36.4 Å². The van der Waals surface area contributed by atoms with Gasteiger partial charge >= 0.3 is 0 Å². The van der Waals surface area contributed by atoms with Gasteiger partial charge in [-0.15, -0.1) is 0 Å². The topological polar surface area (TPSA) is 0 Å². The van der Waals surface area contributed by atoms with Gasteiger partial charge in [-0.25, -0.2) is 0 Å². The van der Waals surface area contributed by atoms with Crippen LogP contribution in [0.3, 0.4) is 0 Å². The second-order valence-corrected chi connectivity index (χ2v) is 13.5. The smallest absolute Gasteiger partial charge is 0.0474 e. The molecule has 2 aromatic carbocycles. The molecule has 0 saturated heterocycles. The maximum atomic E-state index is 4.07. The van der Waals surface area contributed by atoms with Gasteiger partial charge in [0.2, 0.25) is 0 Å². The lowest BCUT2D eigenvalue weighted by Crippen LogP contribution is -2.38. The van der Waals surface area contributed by atoms with E-state index in [4.69, 9.17) is 0 Å². The fourth-order valence-electron chi connectivity index (χ4n) is 3.90. The number of alkyl halides is 1. The molecule has 0 spiro atoms. The fourth-order valence-corrected chi connectivity index (χ4v) is 9.34. The molecule has 0 fully saturated rings. The molecule has 3 rings (SSSR count). The summed E-state index contributed by atoms with van der Waals surface area (Å²) in [4.78, 5) is 0.190. The summed E-state index contributed by atoms with van der Waals surface area (Å²) >= 11 is 30.4. The third-order valence-electron chi connectivity index (χ3n) is 5.17. The molecule has 1 aliphatic rings. The molecule has 0 bridgehead atoms. The Balaban J connectivity index is 2.49. The largest absolute Gasteiger partial charge is 0.0868 e. The zero-order valence-electron chi connectivity index (χ0n) is 13.8. The predicted octanol–water partition coefficient (Wildman–Crippen LogP) is 10.4.